The maximum absolute atomic E-state index is 12.1. The summed E-state index contributed by atoms with van der Waals surface area (Å²) in [6, 6.07) is 0. The molecule has 0 aliphatic rings. The molecule has 2 atom stereocenters. The molecular formula is C17H34O. The van der Waals surface area contributed by atoms with Crippen LogP contribution in [0.3, 0.4) is 0 Å². The van der Waals surface area contributed by atoms with E-state index in [0.29, 0.717) is 17.6 Å². The Morgan fingerprint density at radius 3 is 1.44 bits per heavy atom. The fourth-order valence-electron chi connectivity index (χ4n) is 2.61. The van der Waals surface area contributed by atoms with Crippen molar-refractivity contribution in [2.24, 2.45) is 11.8 Å². The van der Waals surface area contributed by atoms with E-state index in [1.807, 2.05) is 0 Å². The lowest BCUT2D eigenvalue weighted by Gasteiger charge is -2.17. The zero-order chi connectivity index (χ0) is 13.8. The largest absolute Gasteiger partial charge is 0.300 e. The third-order valence-corrected chi connectivity index (χ3v) is 4.12. The number of carbonyl (C=O) groups is 1. The Bertz CT molecular complexity index is 178. The Morgan fingerprint density at radius 2 is 1.17 bits per heavy atom. The SMILES string of the molecule is CCCC[C@@H](CC)CC(=O)C[C@@H](CC)CCCC. The van der Waals surface area contributed by atoms with Crippen LogP contribution in [-0.2, 0) is 4.79 Å². The van der Waals surface area contributed by atoms with Crippen LogP contribution in [0.4, 0.5) is 0 Å². The summed E-state index contributed by atoms with van der Waals surface area (Å²) in [6.07, 6.45) is 11.5. The quantitative estimate of drug-likeness (QED) is 0.432. The van der Waals surface area contributed by atoms with Gasteiger partial charge in [0.25, 0.3) is 0 Å². The van der Waals surface area contributed by atoms with Crippen LogP contribution >= 0.6 is 0 Å². The first-order valence-corrected chi connectivity index (χ1v) is 8.19. The van der Waals surface area contributed by atoms with Crippen LogP contribution in [0, 0.1) is 11.8 Å². The molecule has 0 aromatic heterocycles. The minimum atomic E-state index is 0.515. The fourth-order valence-corrected chi connectivity index (χ4v) is 2.61. The highest BCUT2D eigenvalue weighted by Gasteiger charge is 2.15. The topological polar surface area (TPSA) is 17.1 Å². The molecule has 0 unspecified atom stereocenters. The third kappa shape index (κ3) is 8.72. The molecule has 0 aliphatic carbocycles. The van der Waals surface area contributed by atoms with Crippen molar-refractivity contribution in [3.05, 3.63) is 0 Å². The van der Waals surface area contributed by atoms with Crippen molar-refractivity contribution in [1.29, 1.82) is 0 Å². The minimum Gasteiger partial charge on any atom is -0.300 e. The molecule has 0 radical (unpaired) electrons. The molecule has 18 heavy (non-hydrogen) atoms. The second kappa shape index (κ2) is 11.7. The first kappa shape index (κ1) is 17.7. The molecule has 0 N–H and O–H groups in total. The third-order valence-electron chi connectivity index (χ3n) is 4.12. The number of Topliss-reactive ketones (excluding diaryl/α,β-unsaturated/α-hetero) is 1. The fraction of sp³-hybridized carbons (Fsp3) is 0.941. The average molecular weight is 254 g/mol. The van der Waals surface area contributed by atoms with Gasteiger partial charge >= 0.3 is 0 Å². The van der Waals surface area contributed by atoms with Gasteiger partial charge in [-0.25, -0.2) is 0 Å². The van der Waals surface area contributed by atoms with Gasteiger partial charge in [0.2, 0.25) is 0 Å². The second-order valence-corrected chi connectivity index (χ2v) is 5.78. The highest BCUT2D eigenvalue weighted by molar-refractivity contribution is 5.78. The van der Waals surface area contributed by atoms with E-state index in [1.54, 1.807) is 0 Å². The van der Waals surface area contributed by atoms with Crippen molar-refractivity contribution in [1.82, 2.24) is 0 Å². The maximum Gasteiger partial charge on any atom is 0.133 e. The molecule has 0 spiro atoms. The highest BCUT2D eigenvalue weighted by Crippen LogP contribution is 2.22. The summed E-state index contributed by atoms with van der Waals surface area (Å²) in [5.74, 6) is 1.79. The molecule has 0 aromatic carbocycles. The van der Waals surface area contributed by atoms with Crippen molar-refractivity contribution in [2.75, 3.05) is 0 Å². The van der Waals surface area contributed by atoms with E-state index in [9.17, 15) is 4.79 Å². The van der Waals surface area contributed by atoms with Crippen LogP contribution in [-0.4, -0.2) is 5.78 Å². The minimum absolute atomic E-state index is 0.515. The van der Waals surface area contributed by atoms with Crippen LogP contribution in [0.2, 0.25) is 0 Å². The van der Waals surface area contributed by atoms with E-state index in [4.69, 9.17) is 0 Å². The van der Waals surface area contributed by atoms with Crippen LogP contribution in [0.5, 0.6) is 0 Å². The van der Waals surface area contributed by atoms with Crippen molar-refractivity contribution in [3.63, 3.8) is 0 Å². The molecule has 0 heterocycles. The van der Waals surface area contributed by atoms with E-state index in [-0.39, 0.29) is 0 Å². The lowest BCUT2D eigenvalue weighted by Crippen LogP contribution is -2.12. The predicted octanol–water partition coefficient (Wildman–Crippen LogP) is 5.77. The normalized spacial score (nSPS) is 14.4. The summed E-state index contributed by atoms with van der Waals surface area (Å²) in [4.78, 5) is 12.1. The number of unbranched alkanes of at least 4 members (excludes halogenated alkanes) is 2. The lowest BCUT2D eigenvalue weighted by molar-refractivity contribution is -0.121. The monoisotopic (exact) mass is 254 g/mol. The van der Waals surface area contributed by atoms with Crippen molar-refractivity contribution in [3.8, 4) is 0 Å². The molecule has 0 bridgehead atoms. The van der Waals surface area contributed by atoms with Gasteiger partial charge in [0.15, 0.2) is 0 Å². The molecule has 0 aliphatic heterocycles. The van der Waals surface area contributed by atoms with E-state index < -0.39 is 0 Å². The summed E-state index contributed by atoms with van der Waals surface area (Å²) in [7, 11) is 0. The molecule has 0 fully saturated rings. The highest BCUT2D eigenvalue weighted by atomic mass is 16.1. The van der Waals surface area contributed by atoms with Gasteiger partial charge in [-0.1, -0.05) is 79.1 Å². The van der Waals surface area contributed by atoms with Crippen molar-refractivity contribution < 1.29 is 4.79 Å². The number of carbonyl (C=O) groups excluding carboxylic acids is 1. The van der Waals surface area contributed by atoms with Gasteiger partial charge in [-0.15, -0.1) is 0 Å². The first-order valence-electron chi connectivity index (χ1n) is 8.19. The number of hydrogen-bond acceptors (Lipinski definition) is 1. The van der Waals surface area contributed by atoms with Gasteiger partial charge < -0.3 is 0 Å². The van der Waals surface area contributed by atoms with Crippen LogP contribution in [0.1, 0.15) is 91.9 Å². The second-order valence-electron chi connectivity index (χ2n) is 5.78. The van der Waals surface area contributed by atoms with Gasteiger partial charge in [0, 0.05) is 12.8 Å². The van der Waals surface area contributed by atoms with Crippen molar-refractivity contribution >= 4 is 5.78 Å². The van der Waals surface area contributed by atoms with Gasteiger partial charge in [0.05, 0.1) is 0 Å². The molecule has 0 saturated carbocycles. The van der Waals surface area contributed by atoms with E-state index >= 15 is 0 Å². The van der Waals surface area contributed by atoms with Gasteiger partial charge in [-0.05, 0) is 11.8 Å². The van der Waals surface area contributed by atoms with Crippen LogP contribution < -0.4 is 0 Å². The maximum atomic E-state index is 12.1. The van der Waals surface area contributed by atoms with E-state index in [2.05, 4.69) is 27.7 Å². The molecule has 0 saturated heterocycles. The molecule has 0 rings (SSSR count). The lowest BCUT2D eigenvalue weighted by atomic mass is 9.88. The van der Waals surface area contributed by atoms with Crippen LogP contribution in [0.15, 0.2) is 0 Å². The first-order chi connectivity index (χ1) is 8.67. The van der Waals surface area contributed by atoms with Crippen LogP contribution in [0.25, 0.3) is 0 Å². The van der Waals surface area contributed by atoms with E-state index in [0.717, 1.165) is 25.7 Å². The molecular weight excluding hydrogens is 220 g/mol. The smallest absolute Gasteiger partial charge is 0.133 e. The Morgan fingerprint density at radius 1 is 0.778 bits per heavy atom. The molecule has 1 nitrogen and oxygen atoms in total. The Kier molecular flexibility index (Phi) is 11.5. The molecule has 0 aromatic rings. The standard InChI is InChI=1S/C17H34O/c1-5-9-11-15(7-3)13-17(18)14-16(8-4)12-10-6-2/h15-16H,5-14H2,1-4H3/t15-,16+. The van der Waals surface area contributed by atoms with Crippen molar-refractivity contribution in [2.45, 2.75) is 91.9 Å². The Balaban J connectivity index is 3.96. The Labute approximate surface area is 115 Å². The average Bonchev–Trinajstić information content (AvgIpc) is 2.39. The zero-order valence-corrected chi connectivity index (χ0v) is 13.1. The number of ketones is 1. The van der Waals surface area contributed by atoms with Gasteiger partial charge in [0.1, 0.15) is 5.78 Å². The molecule has 1 heteroatoms. The zero-order valence-electron chi connectivity index (χ0n) is 13.1. The summed E-state index contributed by atoms with van der Waals surface area (Å²) in [5, 5.41) is 0. The summed E-state index contributed by atoms with van der Waals surface area (Å²) < 4.78 is 0. The number of hydrogen-bond donors (Lipinski definition) is 0. The Hall–Kier alpha value is -0.330. The summed E-state index contributed by atoms with van der Waals surface area (Å²) in [6.45, 7) is 8.91. The summed E-state index contributed by atoms with van der Waals surface area (Å²) in [5.41, 5.74) is 0. The predicted molar refractivity (Wildman–Crippen MR) is 80.9 cm³/mol. The van der Waals surface area contributed by atoms with E-state index in [1.165, 1.54) is 38.5 Å². The molecule has 0 amide bonds. The molecule has 108 valence electrons. The summed E-state index contributed by atoms with van der Waals surface area (Å²) >= 11 is 0. The number of rotatable bonds is 12. The van der Waals surface area contributed by atoms with Gasteiger partial charge in [-0.3, -0.25) is 4.79 Å². The van der Waals surface area contributed by atoms with Gasteiger partial charge in [-0.2, -0.15) is 0 Å².